The third-order valence-electron chi connectivity index (χ3n) is 1.92. The van der Waals surface area contributed by atoms with Crippen molar-refractivity contribution in [1.82, 2.24) is 9.36 Å². The Labute approximate surface area is 117 Å². The van der Waals surface area contributed by atoms with Gasteiger partial charge in [-0.1, -0.05) is 11.8 Å². The molecule has 0 aromatic carbocycles. The van der Waals surface area contributed by atoms with Gasteiger partial charge in [-0.2, -0.15) is 4.37 Å². The van der Waals surface area contributed by atoms with Crippen LogP contribution in [0.15, 0.2) is 22.5 Å². The fraction of sp³-hybridized carbons (Fsp3) is 0.182. The summed E-state index contributed by atoms with van der Waals surface area (Å²) in [6.45, 7) is 1.88. The fourth-order valence-electron chi connectivity index (χ4n) is 1.18. The minimum Gasteiger partial charge on any atom is -0.478 e. The van der Waals surface area contributed by atoms with Gasteiger partial charge >= 0.3 is 5.97 Å². The van der Waals surface area contributed by atoms with Crippen molar-refractivity contribution in [1.29, 1.82) is 0 Å². The van der Waals surface area contributed by atoms with Gasteiger partial charge in [0.05, 0.1) is 0 Å². The first-order valence-electron chi connectivity index (χ1n) is 5.06. The lowest BCUT2D eigenvalue weighted by Crippen LogP contribution is -1.84. The molecule has 0 unspecified atom stereocenters. The molecule has 0 aliphatic carbocycles. The monoisotopic (exact) mass is 298 g/mol. The molecule has 4 nitrogen and oxygen atoms in total. The van der Waals surface area contributed by atoms with E-state index in [1.54, 1.807) is 29.2 Å². The highest BCUT2D eigenvalue weighted by Gasteiger charge is 2.03. The maximum Gasteiger partial charge on any atom is 0.328 e. The van der Waals surface area contributed by atoms with E-state index in [-0.39, 0.29) is 0 Å². The quantitative estimate of drug-likeness (QED) is 0.678. The molecular weight excluding hydrogens is 288 g/mol. The van der Waals surface area contributed by atoms with E-state index in [0.29, 0.717) is 0 Å². The Kier molecular flexibility index (Phi) is 4.51. The number of thiophene rings is 1. The van der Waals surface area contributed by atoms with Crippen LogP contribution in [0.25, 0.3) is 6.08 Å². The zero-order valence-electron chi connectivity index (χ0n) is 9.49. The summed E-state index contributed by atoms with van der Waals surface area (Å²) in [5.74, 6) is 0.711. The second-order valence-corrected chi connectivity index (χ2v) is 6.55. The SMILES string of the molecule is Cc1nsc(SCc2ccc(C=CC(=O)O)s2)n1. The molecule has 18 heavy (non-hydrogen) atoms. The number of carbonyl (C=O) groups is 1. The molecule has 0 radical (unpaired) electrons. The normalized spacial score (nSPS) is 11.2. The van der Waals surface area contributed by atoms with Crippen molar-refractivity contribution in [3.05, 3.63) is 33.8 Å². The Balaban J connectivity index is 1.92. The molecule has 0 aliphatic heterocycles. The van der Waals surface area contributed by atoms with Crippen LogP contribution in [-0.4, -0.2) is 20.4 Å². The molecule has 0 amide bonds. The lowest BCUT2D eigenvalue weighted by molar-refractivity contribution is -0.131. The number of aliphatic carboxylic acids is 1. The van der Waals surface area contributed by atoms with Crippen LogP contribution in [0.2, 0.25) is 0 Å². The number of aromatic nitrogens is 2. The van der Waals surface area contributed by atoms with Crippen LogP contribution >= 0.6 is 34.6 Å². The van der Waals surface area contributed by atoms with Gasteiger partial charge in [-0.05, 0) is 36.7 Å². The van der Waals surface area contributed by atoms with Crippen LogP contribution < -0.4 is 0 Å². The van der Waals surface area contributed by atoms with Crippen molar-refractivity contribution in [2.45, 2.75) is 17.0 Å². The molecule has 2 aromatic heterocycles. The molecule has 0 spiro atoms. The maximum absolute atomic E-state index is 10.4. The molecule has 0 atom stereocenters. The molecule has 2 aromatic rings. The van der Waals surface area contributed by atoms with Crippen molar-refractivity contribution < 1.29 is 9.90 Å². The minimum absolute atomic E-state index is 0.804. The van der Waals surface area contributed by atoms with Gasteiger partial charge in [0.15, 0.2) is 4.34 Å². The smallest absolute Gasteiger partial charge is 0.328 e. The molecule has 0 bridgehead atoms. The highest BCUT2D eigenvalue weighted by molar-refractivity contribution is 8.00. The van der Waals surface area contributed by atoms with Gasteiger partial charge in [-0.25, -0.2) is 9.78 Å². The van der Waals surface area contributed by atoms with Crippen molar-refractivity contribution in [2.75, 3.05) is 0 Å². The number of aryl methyl sites for hydroxylation is 1. The maximum atomic E-state index is 10.4. The van der Waals surface area contributed by atoms with Crippen molar-refractivity contribution in [2.24, 2.45) is 0 Å². The first kappa shape index (κ1) is 13.3. The van der Waals surface area contributed by atoms with Crippen molar-refractivity contribution in [3.8, 4) is 0 Å². The number of hydrogen-bond acceptors (Lipinski definition) is 6. The average Bonchev–Trinajstić information content (AvgIpc) is 2.93. The summed E-state index contributed by atoms with van der Waals surface area (Å²) in [6, 6.07) is 3.93. The Bertz CT molecular complexity index is 574. The van der Waals surface area contributed by atoms with E-state index in [9.17, 15) is 4.79 Å². The predicted octanol–water partition coefficient (Wildman–Crippen LogP) is 3.30. The van der Waals surface area contributed by atoms with E-state index in [1.807, 2.05) is 19.1 Å². The molecule has 1 N–H and O–H groups in total. The number of carboxylic acids is 1. The first-order valence-corrected chi connectivity index (χ1v) is 7.64. The average molecular weight is 298 g/mol. The molecule has 0 aliphatic rings. The Morgan fingerprint density at radius 2 is 2.39 bits per heavy atom. The van der Waals surface area contributed by atoms with Crippen LogP contribution in [0.3, 0.4) is 0 Å². The van der Waals surface area contributed by atoms with Gasteiger partial charge in [-0.3, -0.25) is 0 Å². The van der Waals surface area contributed by atoms with E-state index < -0.39 is 5.97 Å². The number of thioether (sulfide) groups is 1. The van der Waals surface area contributed by atoms with Gasteiger partial charge in [0, 0.05) is 21.6 Å². The van der Waals surface area contributed by atoms with Gasteiger partial charge in [0.1, 0.15) is 5.82 Å². The summed E-state index contributed by atoms with van der Waals surface area (Å²) >= 11 is 4.64. The Hall–Kier alpha value is -1.18. The molecular formula is C11H10N2O2S3. The molecule has 7 heteroatoms. The largest absolute Gasteiger partial charge is 0.478 e. The summed E-state index contributed by atoms with van der Waals surface area (Å²) in [5.41, 5.74) is 0. The topological polar surface area (TPSA) is 63.1 Å². The lowest BCUT2D eigenvalue weighted by atomic mass is 10.4. The first-order chi connectivity index (χ1) is 8.63. The second-order valence-electron chi connectivity index (χ2n) is 3.37. The minimum atomic E-state index is -0.927. The van der Waals surface area contributed by atoms with Crippen molar-refractivity contribution in [3.63, 3.8) is 0 Å². The molecule has 2 rings (SSSR count). The molecule has 0 saturated heterocycles. The second kappa shape index (κ2) is 6.12. The van der Waals surface area contributed by atoms with E-state index >= 15 is 0 Å². The zero-order valence-corrected chi connectivity index (χ0v) is 11.9. The number of nitrogens with zero attached hydrogens (tertiary/aromatic N) is 2. The van der Waals surface area contributed by atoms with Crippen LogP contribution in [0.5, 0.6) is 0 Å². The van der Waals surface area contributed by atoms with Gasteiger partial charge in [-0.15, -0.1) is 11.3 Å². The van der Waals surface area contributed by atoms with Crippen LogP contribution in [0.1, 0.15) is 15.6 Å². The Morgan fingerprint density at radius 3 is 3.06 bits per heavy atom. The highest BCUT2D eigenvalue weighted by atomic mass is 32.2. The molecule has 0 saturated carbocycles. The number of carboxylic acid groups (broad SMARTS) is 1. The van der Waals surface area contributed by atoms with E-state index in [4.69, 9.17) is 5.11 Å². The summed E-state index contributed by atoms with van der Waals surface area (Å²) < 4.78 is 5.08. The lowest BCUT2D eigenvalue weighted by Gasteiger charge is -1.92. The van der Waals surface area contributed by atoms with E-state index in [2.05, 4.69) is 9.36 Å². The summed E-state index contributed by atoms with van der Waals surface area (Å²) in [4.78, 5) is 16.8. The van der Waals surface area contributed by atoms with E-state index in [0.717, 1.165) is 26.9 Å². The standard InChI is InChI=1S/C11H10N2O2S3/c1-7-12-11(18-13-7)16-6-9-3-2-8(17-9)4-5-10(14)15/h2-5H,6H2,1H3,(H,14,15). The van der Waals surface area contributed by atoms with Gasteiger partial charge < -0.3 is 5.11 Å². The third kappa shape index (κ3) is 3.94. The Morgan fingerprint density at radius 1 is 1.56 bits per heavy atom. The fourth-order valence-corrected chi connectivity index (χ4v) is 3.79. The summed E-state index contributed by atoms with van der Waals surface area (Å²) in [5, 5.41) is 8.54. The predicted molar refractivity (Wildman–Crippen MR) is 75.2 cm³/mol. The van der Waals surface area contributed by atoms with Gasteiger partial charge in [0.25, 0.3) is 0 Å². The molecule has 0 fully saturated rings. The summed E-state index contributed by atoms with van der Waals surface area (Å²) in [7, 11) is 0. The molecule has 2 heterocycles. The number of hydrogen-bond donors (Lipinski definition) is 1. The van der Waals surface area contributed by atoms with Crippen LogP contribution in [0.4, 0.5) is 0 Å². The van der Waals surface area contributed by atoms with Crippen LogP contribution in [-0.2, 0) is 10.5 Å². The highest BCUT2D eigenvalue weighted by Crippen LogP contribution is 2.28. The summed E-state index contributed by atoms with van der Waals surface area (Å²) in [6.07, 6.45) is 2.76. The van der Waals surface area contributed by atoms with Crippen molar-refractivity contribution >= 4 is 46.7 Å². The molecule has 94 valence electrons. The zero-order chi connectivity index (χ0) is 13.0. The number of rotatable bonds is 5. The van der Waals surface area contributed by atoms with E-state index in [1.165, 1.54) is 16.4 Å². The third-order valence-corrected chi connectivity index (χ3v) is 5.13. The van der Waals surface area contributed by atoms with Crippen LogP contribution in [0, 0.1) is 6.92 Å². The van der Waals surface area contributed by atoms with Gasteiger partial charge in [0.2, 0.25) is 0 Å².